The molecule has 21 heavy (non-hydrogen) atoms. The summed E-state index contributed by atoms with van der Waals surface area (Å²) in [4.78, 5) is 17.1. The van der Waals surface area contributed by atoms with Crippen LogP contribution >= 0.6 is 0 Å². The molecule has 2 heterocycles. The monoisotopic (exact) mass is 285 g/mol. The van der Waals surface area contributed by atoms with Crippen LogP contribution in [0.2, 0.25) is 0 Å². The molecule has 1 fully saturated rings. The number of carbonyl (C=O) groups excluding carboxylic acids is 1. The van der Waals surface area contributed by atoms with E-state index in [9.17, 15) is 4.79 Å². The smallest absolute Gasteiger partial charge is 0.270 e. The van der Waals surface area contributed by atoms with Crippen molar-refractivity contribution >= 4 is 16.8 Å². The van der Waals surface area contributed by atoms with Gasteiger partial charge in [0.25, 0.3) is 5.91 Å². The zero-order chi connectivity index (χ0) is 15.0. The molecule has 0 radical (unpaired) electrons. The van der Waals surface area contributed by atoms with E-state index in [0.717, 1.165) is 49.3 Å². The molecule has 1 saturated heterocycles. The number of carbonyl (C=O) groups is 1. The van der Waals surface area contributed by atoms with Crippen molar-refractivity contribution in [3.8, 4) is 0 Å². The van der Waals surface area contributed by atoms with E-state index in [-0.39, 0.29) is 5.91 Å². The number of hydrogen-bond donors (Lipinski definition) is 0. The highest BCUT2D eigenvalue weighted by Gasteiger charge is 2.24. The SMILES string of the molecule is CCN1CCN(C(=O)c2cc3cccc(C)c3n2C)CC1. The number of nitrogens with zero attached hydrogens (tertiary/aromatic N) is 3. The molecule has 3 rings (SSSR count). The first-order chi connectivity index (χ1) is 10.1. The first-order valence-electron chi connectivity index (χ1n) is 7.68. The largest absolute Gasteiger partial charge is 0.339 e. The Bertz CT molecular complexity index is 666. The summed E-state index contributed by atoms with van der Waals surface area (Å²) in [6, 6.07) is 8.24. The number of likely N-dealkylation sites (N-methyl/N-ethyl adjacent to an activating group) is 1. The number of benzene rings is 1. The van der Waals surface area contributed by atoms with Gasteiger partial charge in [0, 0.05) is 38.6 Å². The molecule has 4 heteroatoms. The number of aryl methyl sites for hydroxylation is 2. The number of aromatic nitrogens is 1. The normalized spacial score (nSPS) is 16.6. The van der Waals surface area contributed by atoms with Gasteiger partial charge < -0.3 is 14.4 Å². The lowest BCUT2D eigenvalue weighted by Crippen LogP contribution is -2.48. The van der Waals surface area contributed by atoms with Crippen LogP contribution in [0.15, 0.2) is 24.3 Å². The quantitative estimate of drug-likeness (QED) is 0.847. The lowest BCUT2D eigenvalue weighted by Gasteiger charge is -2.34. The molecule has 0 atom stereocenters. The zero-order valence-corrected chi connectivity index (χ0v) is 13.1. The van der Waals surface area contributed by atoms with Gasteiger partial charge in [-0.25, -0.2) is 0 Å². The molecule has 1 aliphatic rings. The topological polar surface area (TPSA) is 28.5 Å². The van der Waals surface area contributed by atoms with Crippen LogP contribution in [0.3, 0.4) is 0 Å². The molecular formula is C17H23N3O. The minimum Gasteiger partial charge on any atom is -0.339 e. The van der Waals surface area contributed by atoms with Gasteiger partial charge in [-0.1, -0.05) is 25.1 Å². The standard InChI is InChI=1S/C17H23N3O/c1-4-19-8-10-20(11-9-19)17(21)15-12-14-7-5-6-13(2)16(14)18(15)3/h5-7,12H,4,8-11H2,1-3H3. The van der Waals surface area contributed by atoms with Crippen LogP contribution in [-0.2, 0) is 7.05 Å². The second-order valence-corrected chi connectivity index (χ2v) is 5.83. The third-order valence-electron chi connectivity index (χ3n) is 4.58. The maximum atomic E-state index is 12.8. The van der Waals surface area contributed by atoms with Gasteiger partial charge in [-0.05, 0) is 25.1 Å². The molecule has 0 spiro atoms. The summed E-state index contributed by atoms with van der Waals surface area (Å²) in [5.74, 6) is 0.156. The average Bonchev–Trinajstić information content (AvgIpc) is 2.85. The molecule has 0 aliphatic carbocycles. The number of fused-ring (bicyclic) bond motifs is 1. The second-order valence-electron chi connectivity index (χ2n) is 5.83. The summed E-state index contributed by atoms with van der Waals surface area (Å²) in [5, 5.41) is 1.15. The van der Waals surface area contributed by atoms with E-state index in [1.807, 2.05) is 28.6 Å². The van der Waals surface area contributed by atoms with Crippen molar-refractivity contribution in [2.24, 2.45) is 7.05 Å². The predicted molar refractivity (Wildman–Crippen MR) is 85.7 cm³/mol. The van der Waals surface area contributed by atoms with Gasteiger partial charge in [0.1, 0.15) is 5.69 Å². The Kier molecular flexibility index (Phi) is 3.72. The van der Waals surface area contributed by atoms with Gasteiger partial charge in [-0.15, -0.1) is 0 Å². The number of piperazine rings is 1. The number of rotatable bonds is 2. The highest BCUT2D eigenvalue weighted by Crippen LogP contribution is 2.23. The molecule has 4 nitrogen and oxygen atoms in total. The van der Waals surface area contributed by atoms with E-state index in [4.69, 9.17) is 0 Å². The molecule has 0 N–H and O–H groups in total. The predicted octanol–water partition coefficient (Wildman–Crippen LogP) is 2.26. The molecule has 1 aromatic heterocycles. The second kappa shape index (κ2) is 5.53. The van der Waals surface area contributed by atoms with Crippen LogP contribution in [0.4, 0.5) is 0 Å². The summed E-state index contributed by atoms with van der Waals surface area (Å²) in [7, 11) is 1.99. The van der Waals surface area contributed by atoms with Gasteiger partial charge in [0.2, 0.25) is 0 Å². The summed E-state index contributed by atoms with van der Waals surface area (Å²) in [5.41, 5.74) is 3.17. The molecule has 1 amide bonds. The van der Waals surface area contributed by atoms with Gasteiger partial charge in [0.05, 0.1) is 5.52 Å². The minimum absolute atomic E-state index is 0.156. The minimum atomic E-state index is 0.156. The van der Waals surface area contributed by atoms with E-state index >= 15 is 0 Å². The fourth-order valence-electron chi connectivity index (χ4n) is 3.26. The Balaban J connectivity index is 1.89. The third-order valence-corrected chi connectivity index (χ3v) is 4.58. The van der Waals surface area contributed by atoms with Crippen molar-refractivity contribution in [1.82, 2.24) is 14.4 Å². The first kappa shape index (κ1) is 14.1. The van der Waals surface area contributed by atoms with Gasteiger partial charge in [-0.2, -0.15) is 0 Å². The Hall–Kier alpha value is -1.81. The zero-order valence-electron chi connectivity index (χ0n) is 13.1. The van der Waals surface area contributed by atoms with Crippen molar-refractivity contribution < 1.29 is 4.79 Å². The summed E-state index contributed by atoms with van der Waals surface area (Å²) in [6.45, 7) is 8.94. The van der Waals surface area contributed by atoms with E-state index in [0.29, 0.717) is 0 Å². The maximum Gasteiger partial charge on any atom is 0.270 e. The van der Waals surface area contributed by atoms with Crippen LogP contribution in [0.1, 0.15) is 23.0 Å². The van der Waals surface area contributed by atoms with Crippen LogP contribution < -0.4 is 0 Å². The van der Waals surface area contributed by atoms with E-state index in [1.54, 1.807) is 0 Å². The average molecular weight is 285 g/mol. The van der Waals surface area contributed by atoms with E-state index in [2.05, 4.69) is 30.9 Å². The highest BCUT2D eigenvalue weighted by molar-refractivity contribution is 5.99. The first-order valence-corrected chi connectivity index (χ1v) is 7.68. The summed E-state index contributed by atoms with van der Waals surface area (Å²) < 4.78 is 2.04. The number of para-hydroxylation sites is 1. The third kappa shape index (κ3) is 2.44. The Morgan fingerprint density at radius 2 is 1.90 bits per heavy atom. The van der Waals surface area contributed by atoms with Crippen LogP contribution in [-0.4, -0.2) is 53.0 Å². The Morgan fingerprint density at radius 1 is 1.19 bits per heavy atom. The molecular weight excluding hydrogens is 262 g/mol. The van der Waals surface area contributed by atoms with Crippen LogP contribution in [0.5, 0.6) is 0 Å². The van der Waals surface area contributed by atoms with Crippen molar-refractivity contribution in [1.29, 1.82) is 0 Å². The van der Waals surface area contributed by atoms with Crippen LogP contribution in [0, 0.1) is 6.92 Å². The lowest BCUT2D eigenvalue weighted by molar-refractivity contribution is 0.0634. The van der Waals surface area contributed by atoms with Gasteiger partial charge in [0.15, 0.2) is 0 Å². The molecule has 0 saturated carbocycles. The van der Waals surface area contributed by atoms with E-state index < -0.39 is 0 Å². The summed E-state index contributed by atoms with van der Waals surface area (Å²) >= 11 is 0. The Morgan fingerprint density at radius 3 is 2.52 bits per heavy atom. The highest BCUT2D eigenvalue weighted by atomic mass is 16.2. The molecule has 0 unspecified atom stereocenters. The van der Waals surface area contributed by atoms with Crippen LogP contribution in [0.25, 0.3) is 10.9 Å². The van der Waals surface area contributed by atoms with Gasteiger partial charge >= 0.3 is 0 Å². The molecule has 2 aromatic rings. The fourth-order valence-corrected chi connectivity index (χ4v) is 3.26. The molecule has 112 valence electrons. The Labute approximate surface area is 125 Å². The lowest BCUT2D eigenvalue weighted by atomic mass is 10.2. The molecule has 1 aliphatic heterocycles. The summed E-state index contributed by atoms with van der Waals surface area (Å²) in [6.07, 6.45) is 0. The van der Waals surface area contributed by atoms with Gasteiger partial charge in [-0.3, -0.25) is 4.79 Å². The fraction of sp³-hybridized carbons (Fsp3) is 0.471. The number of hydrogen-bond acceptors (Lipinski definition) is 2. The number of amides is 1. The maximum absolute atomic E-state index is 12.8. The van der Waals surface area contributed by atoms with E-state index in [1.165, 1.54) is 5.56 Å². The van der Waals surface area contributed by atoms with Crippen molar-refractivity contribution in [3.05, 3.63) is 35.5 Å². The van der Waals surface area contributed by atoms with Crippen molar-refractivity contribution in [2.75, 3.05) is 32.7 Å². The van der Waals surface area contributed by atoms with Crippen molar-refractivity contribution in [2.45, 2.75) is 13.8 Å². The molecule has 1 aromatic carbocycles. The van der Waals surface area contributed by atoms with Crippen molar-refractivity contribution in [3.63, 3.8) is 0 Å². The molecule has 0 bridgehead atoms.